The summed E-state index contributed by atoms with van der Waals surface area (Å²) < 4.78 is 0. The van der Waals surface area contributed by atoms with E-state index in [1.807, 2.05) is 24.3 Å². The highest BCUT2D eigenvalue weighted by Gasteiger charge is 2.20. The number of amides is 1. The molecule has 0 radical (unpaired) electrons. The van der Waals surface area contributed by atoms with Crippen LogP contribution in [0.15, 0.2) is 42.9 Å². The highest BCUT2D eigenvalue weighted by atomic mass is 16.1. The predicted octanol–water partition coefficient (Wildman–Crippen LogP) is 1.58. The first-order valence-corrected chi connectivity index (χ1v) is 9.51. The second-order valence-electron chi connectivity index (χ2n) is 7.07. The number of anilines is 3. The summed E-state index contributed by atoms with van der Waals surface area (Å²) in [4.78, 5) is 22.1. The van der Waals surface area contributed by atoms with Gasteiger partial charge in [-0.2, -0.15) is 15.0 Å². The molecule has 1 aromatic carbocycles. The third-order valence-electron chi connectivity index (χ3n) is 4.89. The number of carbonyl (C=O) groups excluding carboxylic acids is 1. The number of primary amides is 1. The minimum absolute atomic E-state index is 0.0730. The Morgan fingerprint density at radius 3 is 2.62 bits per heavy atom. The zero-order valence-corrected chi connectivity index (χ0v) is 15.8. The second-order valence-corrected chi connectivity index (χ2v) is 7.07. The maximum absolute atomic E-state index is 11.8. The highest BCUT2D eigenvalue weighted by molar-refractivity contribution is 5.96. The van der Waals surface area contributed by atoms with Crippen molar-refractivity contribution in [3.05, 3.63) is 48.5 Å². The summed E-state index contributed by atoms with van der Waals surface area (Å²) in [6, 6.07) is 7.97. The van der Waals surface area contributed by atoms with E-state index in [2.05, 4.69) is 30.8 Å². The maximum atomic E-state index is 11.8. The number of rotatable bonds is 6. The van der Waals surface area contributed by atoms with Gasteiger partial charge in [-0.25, -0.2) is 9.97 Å². The molecule has 150 valence electrons. The third-order valence-corrected chi connectivity index (χ3v) is 4.89. The van der Waals surface area contributed by atoms with E-state index in [1.165, 1.54) is 11.0 Å². The molecule has 1 amide bonds. The Labute approximate surface area is 167 Å². The lowest BCUT2D eigenvalue weighted by atomic mass is 9.92. The largest absolute Gasteiger partial charge is 0.366 e. The number of nitrogens with zero attached hydrogens (tertiary/aromatic N) is 5. The van der Waals surface area contributed by atoms with E-state index < -0.39 is 5.91 Å². The highest BCUT2D eigenvalue weighted by Crippen LogP contribution is 2.24. The van der Waals surface area contributed by atoms with Crippen molar-refractivity contribution in [3.63, 3.8) is 0 Å². The number of hydrogen-bond acceptors (Lipinski definition) is 8. The topological polar surface area (TPSA) is 150 Å². The molecule has 4 rings (SSSR count). The molecule has 0 atom stereocenters. The summed E-state index contributed by atoms with van der Waals surface area (Å²) in [6.45, 7) is 0. The second kappa shape index (κ2) is 8.23. The van der Waals surface area contributed by atoms with Crippen LogP contribution in [0.5, 0.6) is 0 Å². The summed E-state index contributed by atoms with van der Waals surface area (Å²) >= 11 is 0. The average molecular weight is 393 g/mol. The first-order valence-electron chi connectivity index (χ1n) is 9.51. The molecule has 0 bridgehead atoms. The summed E-state index contributed by atoms with van der Waals surface area (Å²) in [6.07, 6.45) is 8.63. The van der Waals surface area contributed by atoms with Crippen LogP contribution in [-0.4, -0.2) is 43.0 Å². The molecule has 1 saturated carbocycles. The van der Waals surface area contributed by atoms with Gasteiger partial charge in [-0.05, 0) is 43.9 Å². The Balaban J connectivity index is 1.57. The molecule has 1 aliphatic carbocycles. The average Bonchev–Trinajstić information content (AvgIpc) is 3.25. The van der Waals surface area contributed by atoms with Gasteiger partial charge in [0.1, 0.15) is 5.82 Å². The van der Waals surface area contributed by atoms with Crippen molar-refractivity contribution in [2.24, 2.45) is 11.5 Å². The quantitative estimate of drug-likeness (QED) is 0.493. The number of benzene rings is 1. The van der Waals surface area contributed by atoms with Crippen LogP contribution in [-0.2, 0) is 0 Å². The SMILES string of the molecule is NC(=O)c1ncc(NC2CCC(N)CC2)nc1Nc1cccc(-n2nccn2)c1. The van der Waals surface area contributed by atoms with E-state index >= 15 is 0 Å². The van der Waals surface area contributed by atoms with Crippen LogP contribution in [0.3, 0.4) is 0 Å². The Morgan fingerprint density at radius 1 is 1.14 bits per heavy atom. The van der Waals surface area contributed by atoms with Crippen LogP contribution in [0.1, 0.15) is 36.2 Å². The molecule has 2 heterocycles. The van der Waals surface area contributed by atoms with Crippen LogP contribution in [0.2, 0.25) is 0 Å². The minimum atomic E-state index is -0.653. The Kier molecular flexibility index (Phi) is 5.34. The molecule has 0 spiro atoms. The number of aromatic nitrogens is 5. The van der Waals surface area contributed by atoms with E-state index in [0.717, 1.165) is 31.4 Å². The van der Waals surface area contributed by atoms with Gasteiger partial charge in [0.15, 0.2) is 11.5 Å². The molecule has 29 heavy (non-hydrogen) atoms. The van der Waals surface area contributed by atoms with Crippen molar-refractivity contribution >= 4 is 23.2 Å². The maximum Gasteiger partial charge on any atom is 0.271 e. The molecule has 0 saturated heterocycles. The first-order chi connectivity index (χ1) is 14.1. The van der Waals surface area contributed by atoms with Crippen LogP contribution < -0.4 is 22.1 Å². The molecule has 1 fully saturated rings. The standard InChI is InChI=1S/C19H23N9O/c20-12-4-6-13(7-5-12)25-16-11-22-17(18(21)29)19(27-16)26-14-2-1-3-15(10-14)28-23-8-9-24-28/h1-3,8-13H,4-7,20H2,(H2,21,29)(H2,25,26,27). The van der Waals surface area contributed by atoms with Crippen molar-refractivity contribution in [2.45, 2.75) is 37.8 Å². The zero-order chi connectivity index (χ0) is 20.2. The zero-order valence-electron chi connectivity index (χ0n) is 15.8. The van der Waals surface area contributed by atoms with Gasteiger partial charge in [-0.1, -0.05) is 6.07 Å². The minimum Gasteiger partial charge on any atom is -0.366 e. The van der Waals surface area contributed by atoms with E-state index in [0.29, 0.717) is 17.3 Å². The van der Waals surface area contributed by atoms with E-state index in [9.17, 15) is 4.79 Å². The summed E-state index contributed by atoms with van der Waals surface area (Å²) in [5, 5.41) is 14.8. The van der Waals surface area contributed by atoms with Gasteiger partial charge < -0.3 is 22.1 Å². The Bertz CT molecular complexity index is 981. The normalized spacial score (nSPS) is 18.9. The summed E-state index contributed by atoms with van der Waals surface area (Å²) in [7, 11) is 0. The fourth-order valence-electron chi connectivity index (χ4n) is 3.39. The van der Waals surface area contributed by atoms with Crippen LogP contribution in [0.25, 0.3) is 5.69 Å². The van der Waals surface area contributed by atoms with Gasteiger partial charge in [0.25, 0.3) is 5.91 Å². The first kappa shape index (κ1) is 18.8. The molecular formula is C19H23N9O. The van der Waals surface area contributed by atoms with Crippen molar-refractivity contribution in [1.29, 1.82) is 0 Å². The van der Waals surface area contributed by atoms with Crippen LogP contribution >= 0.6 is 0 Å². The van der Waals surface area contributed by atoms with Crippen molar-refractivity contribution in [2.75, 3.05) is 10.6 Å². The molecule has 10 heteroatoms. The third kappa shape index (κ3) is 4.49. The predicted molar refractivity (Wildman–Crippen MR) is 109 cm³/mol. The molecule has 6 N–H and O–H groups in total. The monoisotopic (exact) mass is 393 g/mol. The lowest BCUT2D eigenvalue weighted by Gasteiger charge is -2.27. The van der Waals surface area contributed by atoms with Crippen molar-refractivity contribution in [1.82, 2.24) is 25.0 Å². The smallest absolute Gasteiger partial charge is 0.271 e. The summed E-state index contributed by atoms with van der Waals surface area (Å²) in [5.41, 5.74) is 13.0. The van der Waals surface area contributed by atoms with Gasteiger partial charge in [-0.15, -0.1) is 0 Å². The van der Waals surface area contributed by atoms with Gasteiger partial charge >= 0.3 is 0 Å². The lowest BCUT2D eigenvalue weighted by molar-refractivity contribution is 0.0996. The van der Waals surface area contributed by atoms with Crippen LogP contribution in [0, 0.1) is 0 Å². The Hall–Kier alpha value is -3.53. The van der Waals surface area contributed by atoms with Gasteiger partial charge in [0.05, 0.1) is 24.3 Å². The lowest BCUT2D eigenvalue weighted by Crippen LogP contribution is -2.33. The number of carbonyl (C=O) groups is 1. The molecular weight excluding hydrogens is 370 g/mol. The van der Waals surface area contributed by atoms with Crippen LogP contribution in [0.4, 0.5) is 17.3 Å². The van der Waals surface area contributed by atoms with E-state index in [1.54, 1.807) is 12.4 Å². The van der Waals surface area contributed by atoms with E-state index in [4.69, 9.17) is 11.5 Å². The van der Waals surface area contributed by atoms with Crippen molar-refractivity contribution in [3.8, 4) is 5.69 Å². The number of hydrogen-bond donors (Lipinski definition) is 4. The van der Waals surface area contributed by atoms with Gasteiger partial charge in [0.2, 0.25) is 0 Å². The fourth-order valence-corrected chi connectivity index (χ4v) is 3.39. The molecule has 0 unspecified atom stereocenters. The molecule has 1 aliphatic rings. The van der Waals surface area contributed by atoms with Gasteiger partial charge in [0, 0.05) is 17.8 Å². The molecule has 2 aromatic heterocycles. The number of nitrogens with two attached hydrogens (primary N) is 2. The summed E-state index contributed by atoms with van der Waals surface area (Å²) in [5.74, 6) is 0.226. The Morgan fingerprint density at radius 2 is 1.90 bits per heavy atom. The molecule has 0 aliphatic heterocycles. The van der Waals surface area contributed by atoms with Crippen molar-refractivity contribution < 1.29 is 4.79 Å². The fraction of sp³-hybridized carbons (Fsp3) is 0.316. The molecule has 10 nitrogen and oxygen atoms in total. The molecule has 3 aromatic rings. The number of nitrogens with one attached hydrogen (secondary N) is 2. The van der Waals surface area contributed by atoms with Gasteiger partial charge in [-0.3, -0.25) is 4.79 Å². The van der Waals surface area contributed by atoms with E-state index in [-0.39, 0.29) is 17.8 Å².